The van der Waals surface area contributed by atoms with E-state index in [1.54, 1.807) is 7.11 Å². The number of methoxy groups -OCH3 is 1. The lowest BCUT2D eigenvalue weighted by Gasteiger charge is -2.18. The minimum absolute atomic E-state index is 0.151. The van der Waals surface area contributed by atoms with E-state index >= 15 is 0 Å². The van der Waals surface area contributed by atoms with Crippen LogP contribution in [0.25, 0.3) is 10.8 Å². The van der Waals surface area contributed by atoms with Crippen LogP contribution in [0.3, 0.4) is 0 Å². The molecular formula is C19H18FNO3S. The van der Waals surface area contributed by atoms with Crippen LogP contribution in [-0.4, -0.2) is 26.9 Å². The first-order valence-corrected chi connectivity index (χ1v) is 9.13. The maximum absolute atomic E-state index is 13.8. The molecule has 0 fully saturated rings. The van der Waals surface area contributed by atoms with E-state index in [2.05, 4.69) is 0 Å². The van der Waals surface area contributed by atoms with Crippen molar-refractivity contribution in [3.63, 3.8) is 0 Å². The molecule has 0 aliphatic carbocycles. The van der Waals surface area contributed by atoms with Crippen molar-refractivity contribution in [3.8, 4) is 5.75 Å². The summed E-state index contributed by atoms with van der Waals surface area (Å²) >= 11 is 0. The highest BCUT2D eigenvalue weighted by molar-refractivity contribution is 7.89. The summed E-state index contributed by atoms with van der Waals surface area (Å²) in [5.74, 6) is 0.0134. The molecule has 0 bridgehead atoms. The van der Waals surface area contributed by atoms with E-state index in [0.29, 0.717) is 0 Å². The SMILES string of the molecule is COc1ccc2cc(CN(C)S(=O)(=O)c3ccccc3F)ccc2c1. The maximum Gasteiger partial charge on any atom is 0.246 e. The molecule has 4 nitrogen and oxygen atoms in total. The third-order valence-electron chi connectivity index (χ3n) is 4.04. The second-order valence-corrected chi connectivity index (χ2v) is 7.75. The van der Waals surface area contributed by atoms with E-state index in [1.165, 1.54) is 25.2 Å². The van der Waals surface area contributed by atoms with Gasteiger partial charge in [0, 0.05) is 13.6 Å². The molecule has 0 aromatic heterocycles. The molecule has 3 rings (SSSR count). The van der Waals surface area contributed by atoms with Crippen molar-refractivity contribution >= 4 is 20.8 Å². The van der Waals surface area contributed by atoms with Crippen LogP contribution in [0.5, 0.6) is 5.75 Å². The lowest BCUT2D eigenvalue weighted by atomic mass is 10.1. The minimum Gasteiger partial charge on any atom is -0.497 e. The van der Waals surface area contributed by atoms with Gasteiger partial charge in [-0.3, -0.25) is 0 Å². The Morgan fingerprint density at radius 3 is 2.40 bits per heavy atom. The van der Waals surface area contributed by atoms with E-state index < -0.39 is 15.8 Å². The summed E-state index contributed by atoms with van der Waals surface area (Å²) < 4.78 is 45.3. The number of hydrogen-bond acceptors (Lipinski definition) is 3. The van der Waals surface area contributed by atoms with E-state index in [-0.39, 0.29) is 11.4 Å². The van der Waals surface area contributed by atoms with E-state index in [1.807, 2.05) is 36.4 Å². The first-order chi connectivity index (χ1) is 11.9. The lowest BCUT2D eigenvalue weighted by molar-refractivity contribution is 0.415. The second-order valence-electron chi connectivity index (χ2n) is 5.74. The van der Waals surface area contributed by atoms with E-state index in [9.17, 15) is 12.8 Å². The highest BCUT2D eigenvalue weighted by atomic mass is 32.2. The van der Waals surface area contributed by atoms with Crippen molar-refractivity contribution in [2.24, 2.45) is 0 Å². The first-order valence-electron chi connectivity index (χ1n) is 7.69. The summed E-state index contributed by atoms with van der Waals surface area (Å²) in [6.45, 7) is 0.151. The van der Waals surface area contributed by atoms with Gasteiger partial charge in [-0.25, -0.2) is 12.8 Å². The normalized spacial score (nSPS) is 11.8. The van der Waals surface area contributed by atoms with Crippen LogP contribution < -0.4 is 4.74 Å². The van der Waals surface area contributed by atoms with Gasteiger partial charge in [0.05, 0.1) is 7.11 Å². The summed E-state index contributed by atoms with van der Waals surface area (Å²) in [6.07, 6.45) is 0. The van der Waals surface area contributed by atoms with Crippen molar-refractivity contribution in [2.45, 2.75) is 11.4 Å². The zero-order valence-electron chi connectivity index (χ0n) is 13.9. The van der Waals surface area contributed by atoms with Gasteiger partial charge in [0.1, 0.15) is 16.5 Å². The van der Waals surface area contributed by atoms with Gasteiger partial charge in [-0.05, 0) is 46.7 Å². The van der Waals surface area contributed by atoms with Crippen molar-refractivity contribution < 1.29 is 17.5 Å². The summed E-state index contributed by atoms with van der Waals surface area (Å²) in [6, 6.07) is 16.8. The molecule has 0 saturated heterocycles. The van der Waals surface area contributed by atoms with Gasteiger partial charge in [0.25, 0.3) is 0 Å². The van der Waals surface area contributed by atoms with Gasteiger partial charge in [0.2, 0.25) is 10.0 Å². The Bertz CT molecular complexity index is 1020. The van der Waals surface area contributed by atoms with Crippen LogP contribution in [0.15, 0.2) is 65.6 Å². The molecule has 0 radical (unpaired) electrons. The smallest absolute Gasteiger partial charge is 0.246 e. The van der Waals surface area contributed by atoms with Gasteiger partial charge in [-0.1, -0.05) is 30.3 Å². The fraction of sp³-hybridized carbons (Fsp3) is 0.158. The van der Waals surface area contributed by atoms with Crippen molar-refractivity contribution in [1.29, 1.82) is 0 Å². The molecule has 0 saturated carbocycles. The molecule has 25 heavy (non-hydrogen) atoms. The van der Waals surface area contributed by atoms with Gasteiger partial charge in [-0.15, -0.1) is 0 Å². The van der Waals surface area contributed by atoms with Crippen LogP contribution in [0.1, 0.15) is 5.56 Å². The molecule has 0 aliphatic heterocycles. The number of ether oxygens (including phenoxy) is 1. The maximum atomic E-state index is 13.8. The molecule has 0 amide bonds. The molecule has 0 heterocycles. The number of nitrogens with zero attached hydrogens (tertiary/aromatic N) is 1. The second kappa shape index (κ2) is 6.82. The zero-order chi connectivity index (χ0) is 18.0. The molecule has 0 spiro atoms. The van der Waals surface area contributed by atoms with Gasteiger partial charge >= 0.3 is 0 Å². The summed E-state index contributed by atoms with van der Waals surface area (Å²) in [7, 11) is -0.840. The average Bonchev–Trinajstić information content (AvgIpc) is 2.61. The van der Waals surface area contributed by atoms with Crippen molar-refractivity contribution in [3.05, 3.63) is 72.0 Å². The van der Waals surface area contributed by atoms with Crippen LogP contribution in [0, 0.1) is 5.82 Å². The number of fused-ring (bicyclic) bond motifs is 1. The van der Waals surface area contributed by atoms with Crippen molar-refractivity contribution in [1.82, 2.24) is 4.31 Å². The summed E-state index contributed by atoms with van der Waals surface area (Å²) in [4.78, 5) is -0.317. The highest BCUT2D eigenvalue weighted by Gasteiger charge is 2.24. The van der Waals surface area contributed by atoms with Crippen LogP contribution in [0.2, 0.25) is 0 Å². The lowest BCUT2D eigenvalue weighted by Crippen LogP contribution is -2.27. The zero-order valence-corrected chi connectivity index (χ0v) is 14.8. The molecule has 3 aromatic carbocycles. The van der Waals surface area contributed by atoms with E-state index in [0.717, 1.165) is 32.5 Å². The molecule has 0 unspecified atom stereocenters. The fourth-order valence-corrected chi connectivity index (χ4v) is 3.88. The molecular weight excluding hydrogens is 341 g/mol. The number of rotatable bonds is 5. The Hall–Kier alpha value is -2.44. The van der Waals surface area contributed by atoms with Gasteiger partial charge in [0.15, 0.2) is 0 Å². The first kappa shape index (κ1) is 17.4. The van der Waals surface area contributed by atoms with Crippen LogP contribution >= 0.6 is 0 Å². The third-order valence-corrected chi connectivity index (χ3v) is 5.88. The fourth-order valence-electron chi connectivity index (χ4n) is 2.66. The Morgan fingerprint density at radius 1 is 1.00 bits per heavy atom. The molecule has 6 heteroatoms. The van der Waals surface area contributed by atoms with Gasteiger partial charge < -0.3 is 4.74 Å². The summed E-state index contributed by atoms with van der Waals surface area (Å²) in [5, 5.41) is 1.98. The topological polar surface area (TPSA) is 46.6 Å². The Morgan fingerprint density at radius 2 is 1.68 bits per heavy atom. The Kier molecular flexibility index (Phi) is 4.74. The van der Waals surface area contributed by atoms with Crippen LogP contribution in [-0.2, 0) is 16.6 Å². The van der Waals surface area contributed by atoms with Crippen LogP contribution in [0.4, 0.5) is 4.39 Å². The van der Waals surface area contributed by atoms with Crippen molar-refractivity contribution in [2.75, 3.05) is 14.2 Å². The minimum atomic E-state index is -3.89. The Labute approximate surface area is 146 Å². The number of hydrogen-bond donors (Lipinski definition) is 0. The average molecular weight is 359 g/mol. The monoisotopic (exact) mass is 359 g/mol. The molecule has 130 valence electrons. The largest absolute Gasteiger partial charge is 0.497 e. The molecule has 0 aliphatic rings. The quantitative estimate of drug-likeness (QED) is 0.696. The molecule has 0 N–H and O–H groups in total. The summed E-state index contributed by atoms with van der Waals surface area (Å²) in [5.41, 5.74) is 0.820. The third kappa shape index (κ3) is 3.50. The molecule has 0 atom stereocenters. The predicted octanol–water partition coefficient (Wildman–Crippen LogP) is 3.81. The number of benzene rings is 3. The predicted molar refractivity (Wildman–Crippen MR) is 95.6 cm³/mol. The van der Waals surface area contributed by atoms with Gasteiger partial charge in [-0.2, -0.15) is 4.31 Å². The standard InChI is InChI=1S/C19H18FNO3S/c1-21(25(22,23)19-6-4-3-5-18(19)20)13-14-7-8-16-12-17(24-2)10-9-15(16)11-14/h3-12H,13H2,1-2H3. The number of halogens is 1. The molecule has 3 aromatic rings. The highest BCUT2D eigenvalue weighted by Crippen LogP contribution is 2.24. The number of sulfonamides is 1. The van der Waals surface area contributed by atoms with E-state index in [4.69, 9.17) is 4.74 Å². The Balaban J connectivity index is 1.89.